The molecule has 2 N–H and O–H groups in total. The minimum atomic E-state index is -0.877. The van der Waals surface area contributed by atoms with Gasteiger partial charge in [0.1, 0.15) is 18.0 Å². The summed E-state index contributed by atoms with van der Waals surface area (Å²) in [6, 6.07) is 10.4. The number of carbonyl (C=O) groups is 2. The Morgan fingerprint density at radius 3 is 2.05 bits per heavy atom. The number of hydrogen-bond donors (Lipinski definition) is 2. The molecule has 198 valence electrons. The number of benzene rings is 1. The second-order valence-electron chi connectivity index (χ2n) is 12.1. The van der Waals surface area contributed by atoms with Gasteiger partial charge in [-0.3, -0.25) is 4.79 Å². The molecule has 0 aliphatic heterocycles. The Hall–Kier alpha value is -3.26. The van der Waals surface area contributed by atoms with Crippen LogP contribution < -0.4 is 10.6 Å². The van der Waals surface area contributed by atoms with E-state index in [1.165, 1.54) is 11.3 Å². The first-order chi connectivity index (χ1) is 17.1. The highest BCUT2D eigenvalue weighted by Crippen LogP contribution is 2.38. The van der Waals surface area contributed by atoms with E-state index in [9.17, 15) is 9.59 Å². The van der Waals surface area contributed by atoms with Crippen LogP contribution in [0.1, 0.15) is 84.5 Å². The molecular weight excluding hydrogens is 484 g/mol. The summed E-state index contributed by atoms with van der Waals surface area (Å²) in [5, 5.41) is 7.48. The third kappa shape index (κ3) is 7.38. The van der Waals surface area contributed by atoms with Crippen molar-refractivity contribution in [1.29, 1.82) is 0 Å². The molecule has 0 radical (unpaired) electrons. The Morgan fingerprint density at radius 2 is 1.54 bits per heavy atom. The number of aromatic nitrogens is 2. The molecule has 37 heavy (non-hydrogen) atoms. The first kappa shape index (κ1) is 28.3. The first-order valence-electron chi connectivity index (χ1n) is 12.4. The van der Waals surface area contributed by atoms with Crippen molar-refractivity contribution in [2.45, 2.75) is 84.8 Å². The molecular formula is C29H38N4O3S. The third-order valence-corrected chi connectivity index (χ3v) is 6.42. The van der Waals surface area contributed by atoms with E-state index in [2.05, 4.69) is 62.1 Å². The molecule has 2 heterocycles. The molecule has 0 fully saturated rings. The predicted molar refractivity (Wildman–Crippen MR) is 150 cm³/mol. The maximum Gasteiger partial charge on any atom is 0.408 e. The lowest BCUT2D eigenvalue weighted by molar-refractivity contribution is -0.118. The molecule has 1 aromatic carbocycles. The van der Waals surface area contributed by atoms with Crippen LogP contribution in [0.4, 0.5) is 10.5 Å². The number of anilines is 1. The van der Waals surface area contributed by atoms with E-state index in [-0.39, 0.29) is 16.7 Å². The van der Waals surface area contributed by atoms with Gasteiger partial charge in [-0.05, 0) is 49.8 Å². The average molecular weight is 523 g/mol. The van der Waals surface area contributed by atoms with Crippen molar-refractivity contribution in [3.05, 3.63) is 64.2 Å². The second kappa shape index (κ2) is 10.6. The quantitative estimate of drug-likeness (QED) is 0.376. The van der Waals surface area contributed by atoms with Crippen molar-refractivity contribution in [2.75, 3.05) is 5.32 Å². The molecule has 0 saturated carbocycles. The number of amides is 2. The summed E-state index contributed by atoms with van der Waals surface area (Å²) in [5.74, 6) is -0.353. The van der Waals surface area contributed by atoms with E-state index in [1.54, 1.807) is 27.1 Å². The highest BCUT2D eigenvalue weighted by Gasteiger charge is 2.31. The molecule has 3 aromatic rings. The van der Waals surface area contributed by atoms with E-state index >= 15 is 0 Å². The number of nitrogens with one attached hydrogen (secondary N) is 2. The Balaban J connectivity index is 1.87. The highest BCUT2D eigenvalue weighted by molar-refractivity contribution is 7.10. The summed E-state index contributed by atoms with van der Waals surface area (Å²) < 4.78 is 5.37. The number of hydrogen-bond acceptors (Lipinski definition) is 6. The maximum atomic E-state index is 13.2. The van der Waals surface area contributed by atoms with Crippen LogP contribution in [0.25, 0.3) is 11.3 Å². The Morgan fingerprint density at radius 1 is 0.892 bits per heavy atom. The van der Waals surface area contributed by atoms with Gasteiger partial charge in [0, 0.05) is 27.1 Å². The van der Waals surface area contributed by atoms with Crippen molar-refractivity contribution < 1.29 is 14.3 Å². The second-order valence-corrected chi connectivity index (χ2v) is 13.1. The minimum Gasteiger partial charge on any atom is -0.444 e. The fourth-order valence-corrected chi connectivity index (χ4v) is 4.73. The van der Waals surface area contributed by atoms with E-state index < -0.39 is 17.7 Å². The van der Waals surface area contributed by atoms with Gasteiger partial charge in [0.25, 0.3) is 5.91 Å². The summed E-state index contributed by atoms with van der Waals surface area (Å²) in [5.41, 5.74) is 3.61. The lowest BCUT2D eigenvalue weighted by atomic mass is 9.76. The molecule has 8 heteroatoms. The van der Waals surface area contributed by atoms with Gasteiger partial charge in [0.2, 0.25) is 0 Å². The Bertz CT molecular complexity index is 1230. The zero-order valence-electron chi connectivity index (χ0n) is 23.2. The van der Waals surface area contributed by atoms with Crippen LogP contribution in [-0.2, 0) is 20.4 Å². The summed E-state index contributed by atoms with van der Waals surface area (Å²) in [4.78, 5) is 35.6. The molecule has 0 aliphatic carbocycles. The van der Waals surface area contributed by atoms with Crippen LogP contribution in [0.2, 0.25) is 0 Å². The average Bonchev–Trinajstić information content (AvgIpc) is 3.29. The van der Waals surface area contributed by atoms with Gasteiger partial charge in [-0.15, -0.1) is 11.3 Å². The standard InChI is InChI=1S/C29H38N4O3S/c1-27(2,3)21-22(30-17-31-24(21)28(4,5)6)18-12-14-19(15-13-18)32-25(34)23(20-11-10-16-37-20)33-26(35)36-29(7,8)9/h10-17,23H,1-9H3,(H,32,34)(H,33,35)/t23-/m1/s1. The fourth-order valence-electron chi connectivity index (χ4n) is 3.96. The molecule has 3 rings (SSSR count). The lowest BCUT2D eigenvalue weighted by Crippen LogP contribution is -2.39. The SMILES string of the molecule is CC(C)(C)OC(=O)N[C@@H](C(=O)Nc1ccc(-c2ncnc(C(C)(C)C)c2C(C)(C)C)cc1)c1cccs1. The van der Waals surface area contributed by atoms with Gasteiger partial charge in [-0.1, -0.05) is 59.7 Å². The number of rotatable bonds is 5. The van der Waals surface area contributed by atoms with Crippen LogP contribution in [-0.4, -0.2) is 27.6 Å². The fraction of sp³-hybridized carbons (Fsp3) is 0.448. The number of alkyl carbamates (subject to hydrolysis) is 1. The zero-order chi connectivity index (χ0) is 27.6. The number of ether oxygens (including phenoxy) is 1. The van der Waals surface area contributed by atoms with Crippen LogP contribution in [0.3, 0.4) is 0 Å². The van der Waals surface area contributed by atoms with Crippen LogP contribution >= 0.6 is 11.3 Å². The van der Waals surface area contributed by atoms with Crippen molar-refractivity contribution in [3.63, 3.8) is 0 Å². The Kier molecular flexibility index (Phi) is 8.12. The molecule has 0 unspecified atom stereocenters. The zero-order valence-corrected chi connectivity index (χ0v) is 24.0. The number of carbonyl (C=O) groups excluding carboxylic acids is 2. The smallest absolute Gasteiger partial charge is 0.408 e. The topological polar surface area (TPSA) is 93.2 Å². The van der Waals surface area contributed by atoms with E-state index in [1.807, 2.05) is 41.8 Å². The minimum absolute atomic E-state index is 0.133. The maximum absolute atomic E-state index is 13.2. The third-order valence-electron chi connectivity index (χ3n) is 5.48. The summed E-state index contributed by atoms with van der Waals surface area (Å²) >= 11 is 1.39. The van der Waals surface area contributed by atoms with Crippen molar-refractivity contribution in [1.82, 2.24) is 15.3 Å². The first-order valence-corrected chi connectivity index (χ1v) is 13.2. The summed E-state index contributed by atoms with van der Waals surface area (Å²) in [6.45, 7) is 18.3. The van der Waals surface area contributed by atoms with Gasteiger partial charge in [-0.2, -0.15) is 0 Å². The van der Waals surface area contributed by atoms with Crippen LogP contribution in [0.5, 0.6) is 0 Å². The van der Waals surface area contributed by atoms with E-state index in [0.717, 1.165) is 22.5 Å². The normalized spacial score (nSPS) is 13.1. The van der Waals surface area contributed by atoms with Crippen LogP contribution in [0, 0.1) is 0 Å². The lowest BCUT2D eigenvalue weighted by Gasteiger charge is -2.30. The highest BCUT2D eigenvalue weighted by atomic mass is 32.1. The summed E-state index contributed by atoms with van der Waals surface area (Å²) in [6.07, 6.45) is 0.971. The molecule has 0 saturated heterocycles. The monoisotopic (exact) mass is 522 g/mol. The van der Waals surface area contributed by atoms with Gasteiger partial charge >= 0.3 is 6.09 Å². The van der Waals surface area contributed by atoms with Crippen molar-refractivity contribution in [2.24, 2.45) is 0 Å². The molecule has 0 aliphatic rings. The molecule has 7 nitrogen and oxygen atoms in total. The number of thiophene rings is 1. The predicted octanol–water partition coefficient (Wildman–Crippen LogP) is 7.00. The van der Waals surface area contributed by atoms with Crippen molar-refractivity contribution >= 4 is 29.0 Å². The Labute approximate surface area is 224 Å². The molecule has 2 amide bonds. The molecule has 1 atom stereocenters. The number of nitrogens with zero attached hydrogens (tertiary/aromatic N) is 2. The van der Waals surface area contributed by atoms with Gasteiger partial charge < -0.3 is 15.4 Å². The van der Waals surface area contributed by atoms with E-state index in [4.69, 9.17) is 4.74 Å². The van der Waals surface area contributed by atoms with Gasteiger partial charge in [0.15, 0.2) is 0 Å². The van der Waals surface area contributed by atoms with E-state index in [0.29, 0.717) is 10.6 Å². The van der Waals surface area contributed by atoms with Crippen molar-refractivity contribution in [3.8, 4) is 11.3 Å². The molecule has 0 spiro atoms. The molecule has 0 bridgehead atoms. The van der Waals surface area contributed by atoms with Crippen LogP contribution in [0.15, 0.2) is 48.1 Å². The van der Waals surface area contributed by atoms with Gasteiger partial charge in [-0.25, -0.2) is 14.8 Å². The summed E-state index contributed by atoms with van der Waals surface area (Å²) in [7, 11) is 0. The largest absolute Gasteiger partial charge is 0.444 e. The van der Waals surface area contributed by atoms with Gasteiger partial charge in [0.05, 0.1) is 11.4 Å². The molecule has 2 aromatic heterocycles.